The van der Waals surface area contributed by atoms with Crippen molar-refractivity contribution in [1.29, 1.82) is 0 Å². The Bertz CT molecular complexity index is 1880. The van der Waals surface area contributed by atoms with E-state index in [9.17, 15) is 39.0 Å². The fourth-order valence-electron chi connectivity index (χ4n) is 7.22. The van der Waals surface area contributed by atoms with Crippen LogP contribution in [0.2, 0.25) is 0 Å². The molecule has 280 valence electrons. The molecule has 3 aliphatic rings. The highest BCUT2D eigenvalue weighted by atomic mass is 32.2. The van der Waals surface area contributed by atoms with E-state index in [0.29, 0.717) is 16.9 Å². The van der Waals surface area contributed by atoms with Crippen LogP contribution in [-0.4, -0.2) is 87.4 Å². The first kappa shape index (κ1) is 39.2. The van der Waals surface area contributed by atoms with Gasteiger partial charge < -0.3 is 31.5 Å². The van der Waals surface area contributed by atoms with Gasteiger partial charge in [-0.05, 0) is 67.5 Å². The second-order valence-electron chi connectivity index (χ2n) is 14.1. The first-order valence-electron chi connectivity index (χ1n) is 17.6. The standard InChI is InChI=1S/C40H46N4O8S/c1-23-17-28-34(24(2)40(15-16-40)39(4,52)35(28)47)29(23)21-53-22-32(42-25(3)45)36(48)41-20-33(46)43-30(18-26-11-7-5-8-12-26)37(49)44-31(38(50)51)19-27-13-9-6-10-14-27/h5-14,17,30-32,52H,15-16,18-22H2,1-4H3,(H,41,48)(H,42,45)(H,43,46)(H,44,49)(H,50,51)/t30-,31-,32+,39-/m0/s1. The maximum atomic E-state index is 13.4. The molecule has 12 nitrogen and oxygen atoms in total. The van der Waals surface area contributed by atoms with Crippen molar-refractivity contribution in [2.24, 2.45) is 5.41 Å². The number of benzene rings is 2. The van der Waals surface area contributed by atoms with Crippen molar-refractivity contribution < 1.29 is 39.0 Å². The van der Waals surface area contributed by atoms with Crippen LogP contribution in [0.25, 0.3) is 0 Å². The number of hydrogen-bond acceptors (Lipinski definition) is 8. The van der Waals surface area contributed by atoms with Crippen LogP contribution >= 0.6 is 11.8 Å². The summed E-state index contributed by atoms with van der Waals surface area (Å²) in [4.78, 5) is 77.3. The number of hydrogen-bond donors (Lipinski definition) is 6. The van der Waals surface area contributed by atoms with E-state index in [1.165, 1.54) is 18.7 Å². The summed E-state index contributed by atoms with van der Waals surface area (Å²) < 4.78 is 0. The van der Waals surface area contributed by atoms with Gasteiger partial charge in [0.05, 0.1) is 6.54 Å². The molecule has 1 spiro atoms. The van der Waals surface area contributed by atoms with E-state index in [2.05, 4.69) is 21.3 Å². The largest absolute Gasteiger partial charge is 0.480 e. The zero-order valence-electron chi connectivity index (χ0n) is 30.3. The molecule has 5 rings (SSSR count). The Kier molecular flexibility index (Phi) is 12.1. The van der Waals surface area contributed by atoms with E-state index in [1.807, 2.05) is 19.9 Å². The topological polar surface area (TPSA) is 191 Å². The smallest absolute Gasteiger partial charge is 0.326 e. The Morgan fingerprint density at radius 1 is 0.830 bits per heavy atom. The Morgan fingerprint density at radius 3 is 1.96 bits per heavy atom. The number of aliphatic carboxylic acids is 1. The van der Waals surface area contributed by atoms with Gasteiger partial charge in [-0.1, -0.05) is 66.2 Å². The monoisotopic (exact) mass is 742 g/mol. The number of aliphatic hydroxyl groups is 1. The van der Waals surface area contributed by atoms with E-state index in [-0.39, 0.29) is 24.4 Å². The van der Waals surface area contributed by atoms with Crippen LogP contribution in [0, 0.1) is 5.41 Å². The Hall–Kier alpha value is -5.01. The van der Waals surface area contributed by atoms with Gasteiger partial charge in [0.2, 0.25) is 23.6 Å². The predicted octanol–water partition coefficient (Wildman–Crippen LogP) is 2.57. The summed E-state index contributed by atoms with van der Waals surface area (Å²) in [6.07, 6.45) is 3.40. The van der Waals surface area contributed by atoms with Gasteiger partial charge in [0, 0.05) is 42.3 Å². The first-order chi connectivity index (χ1) is 25.1. The summed E-state index contributed by atoms with van der Waals surface area (Å²) >= 11 is 1.39. The van der Waals surface area contributed by atoms with Gasteiger partial charge in [-0.3, -0.25) is 24.0 Å². The van der Waals surface area contributed by atoms with Crippen LogP contribution in [0.4, 0.5) is 0 Å². The van der Waals surface area contributed by atoms with Gasteiger partial charge in [0.25, 0.3) is 0 Å². The van der Waals surface area contributed by atoms with E-state index in [1.54, 1.807) is 67.6 Å². The molecule has 0 unspecified atom stereocenters. The maximum Gasteiger partial charge on any atom is 0.326 e. The van der Waals surface area contributed by atoms with Crippen molar-refractivity contribution in [3.63, 3.8) is 0 Å². The minimum atomic E-state index is -1.45. The Balaban J connectivity index is 1.20. The highest BCUT2D eigenvalue weighted by Crippen LogP contribution is 2.65. The number of nitrogens with one attached hydrogen (secondary N) is 4. The summed E-state index contributed by atoms with van der Waals surface area (Å²) in [5.41, 5.74) is 3.66. The second-order valence-corrected chi connectivity index (χ2v) is 15.1. The number of amides is 4. The minimum Gasteiger partial charge on any atom is -0.480 e. The van der Waals surface area contributed by atoms with Crippen molar-refractivity contribution in [2.75, 3.05) is 18.1 Å². The number of thioether (sulfide) groups is 1. The van der Waals surface area contributed by atoms with Crippen molar-refractivity contribution in [1.82, 2.24) is 21.3 Å². The quantitative estimate of drug-likeness (QED) is 0.150. The van der Waals surface area contributed by atoms with Gasteiger partial charge >= 0.3 is 5.97 Å². The van der Waals surface area contributed by atoms with Gasteiger partial charge in [0.15, 0.2) is 5.78 Å². The molecule has 0 heterocycles. The van der Waals surface area contributed by atoms with Crippen molar-refractivity contribution in [3.8, 4) is 0 Å². The highest BCUT2D eigenvalue weighted by molar-refractivity contribution is 7.99. The third-order valence-corrected chi connectivity index (χ3v) is 11.4. The van der Waals surface area contributed by atoms with Crippen LogP contribution in [-0.2, 0) is 41.6 Å². The third kappa shape index (κ3) is 8.80. The molecule has 0 aliphatic heterocycles. The number of Topliss-reactive ketones (excluding diaryl/α,β-unsaturated/α-hetero) is 1. The normalized spacial score (nSPS) is 20.2. The lowest BCUT2D eigenvalue weighted by molar-refractivity contribution is -0.142. The number of fused-ring (bicyclic) bond motifs is 1. The molecule has 1 saturated carbocycles. The summed E-state index contributed by atoms with van der Waals surface area (Å²) in [5.74, 6) is -3.30. The molecule has 4 atom stereocenters. The molecule has 3 aliphatic carbocycles. The van der Waals surface area contributed by atoms with E-state index in [4.69, 9.17) is 0 Å². The van der Waals surface area contributed by atoms with Crippen LogP contribution in [0.1, 0.15) is 51.7 Å². The first-order valence-corrected chi connectivity index (χ1v) is 18.7. The molecule has 0 bridgehead atoms. The molecule has 2 aromatic rings. The summed E-state index contributed by atoms with van der Waals surface area (Å²) in [5, 5.41) is 31.4. The number of carboxylic acid groups (broad SMARTS) is 1. The molecule has 53 heavy (non-hydrogen) atoms. The maximum absolute atomic E-state index is 13.4. The zero-order valence-corrected chi connectivity index (χ0v) is 31.1. The van der Waals surface area contributed by atoms with E-state index >= 15 is 0 Å². The lowest BCUT2D eigenvalue weighted by Crippen LogP contribution is -2.55. The van der Waals surface area contributed by atoms with Crippen LogP contribution in [0.15, 0.2) is 94.6 Å². The van der Waals surface area contributed by atoms with E-state index < -0.39 is 65.3 Å². The number of carbonyl (C=O) groups excluding carboxylic acids is 5. The number of allylic oxidation sites excluding steroid dienone is 3. The average Bonchev–Trinajstić information content (AvgIpc) is 3.88. The van der Waals surface area contributed by atoms with Crippen LogP contribution < -0.4 is 21.3 Å². The van der Waals surface area contributed by atoms with Crippen LogP contribution in [0.3, 0.4) is 0 Å². The molecular formula is C40H46N4O8S. The lowest BCUT2D eigenvalue weighted by Gasteiger charge is -2.39. The molecule has 13 heteroatoms. The number of carboxylic acids is 1. The van der Waals surface area contributed by atoms with Crippen molar-refractivity contribution in [2.45, 2.75) is 77.1 Å². The SMILES string of the molecule is CC(=O)N[C@H](CSCC1=C(C)C=C2C(=O)[C@](C)(O)C3(CC3)C(C)=C21)C(=O)NCC(=O)N[C@@H](Cc1ccccc1)C(=O)N[C@@H](Cc1ccccc1)C(=O)O. The van der Waals surface area contributed by atoms with Crippen molar-refractivity contribution in [3.05, 3.63) is 106 Å². The molecule has 6 N–H and O–H groups in total. The van der Waals surface area contributed by atoms with E-state index in [0.717, 1.165) is 40.7 Å². The average molecular weight is 743 g/mol. The summed E-state index contributed by atoms with van der Waals surface area (Å²) in [6.45, 7) is 6.27. The molecule has 1 fully saturated rings. The minimum absolute atomic E-state index is 0.0409. The van der Waals surface area contributed by atoms with Crippen molar-refractivity contribution >= 4 is 47.1 Å². The van der Waals surface area contributed by atoms with Crippen LogP contribution in [0.5, 0.6) is 0 Å². The highest BCUT2D eigenvalue weighted by Gasteiger charge is 2.65. The molecule has 0 radical (unpaired) electrons. The molecule has 4 amide bonds. The lowest BCUT2D eigenvalue weighted by atomic mass is 9.67. The number of ketones is 1. The fourth-order valence-corrected chi connectivity index (χ4v) is 8.39. The van der Waals surface area contributed by atoms with Gasteiger partial charge in [0.1, 0.15) is 23.7 Å². The predicted molar refractivity (Wildman–Crippen MR) is 201 cm³/mol. The molecular weight excluding hydrogens is 697 g/mol. The number of carbonyl (C=O) groups is 6. The number of rotatable bonds is 16. The summed E-state index contributed by atoms with van der Waals surface area (Å²) in [7, 11) is 0. The zero-order chi connectivity index (χ0) is 38.5. The molecule has 2 aromatic carbocycles. The van der Waals surface area contributed by atoms with Gasteiger partial charge in [-0.25, -0.2) is 4.79 Å². The second kappa shape index (κ2) is 16.3. The summed E-state index contributed by atoms with van der Waals surface area (Å²) in [6, 6.07) is 14.4. The molecule has 0 saturated heterocycles. The third-order valence-electron chi connectivity index (χ3n) is 10.3. The Labute approximate surface area is 313 Å². The fraction of sp³-hybridized carbons (Fsp3) is 0.400. The van der Waals surface area contributed by atoms with Gasteiger partial charge in [-0.2, -0.15) is 11.8 Å². The Morgan fingerprint density at radius 2 is 1.42 bits per heavy atom. The molecule has 0 aromatic heterocycles. The van der Waals surface area contributed by atoms with Gasteiger partial charge in [-0.15, -0.1) is 0 Å².